The first-order chi connectivity index (χ1) is 11.8. The van der Waals surface area contributed by atoms with E-state index in [4.69, 9.17) is 0 Å². The molecule has 0 unspecified atom stereocenters. The number of carbonyl (C=O) groups excluding carboxylic acids is 1. The van der Waals surface area contributed by atoms with Gasteiger partial charge in [-0.05, 0) is 37.3 Å². The average Bonchev–Trinajstić information content (AvgIpc) is 2.92. The molecule has 1 saturated heterocycles. The van der Waals surface area contributed by atoms with Crippen molar-refractivity contribution in [2.45, 2.75) is 32.1 Å². The highest BCUT2D eigenvalue weighted by atomic mass is 32.1. The zero-order valence-electron chi connectivity index (χ0n) is 14.0. The molecule has 2 aromatic heterocycles. The molecule has 2 aliphatic rings. The summed E-state index contributed by atoms with van der Waals surface area (Å²) in [6.45, 7) is 3.42. The maximum atomic E-state index is 12.9. The summed E-state index contributed by atoms with van der Waals surface area (Å²) in [7, 11) is 0. The Morgan fingerprint density at radius 3 is 2.54 bits per heavy atom. The molecule has 4 nitrogen and oxygen atoms in total. The van der Waals surface area contributed by atoms with Crippen molar-refractivity contribution >= 4 is 22.9 Å². The number of nitrogens with one attached hydrogen (secondary N) is 1. The summed E-state index contributed by atoms with van der Waals surface area (Å²) in [5, 5.41) is 0. The lowest BCUT2D eigenvalue weighted by molar-refractivity contribution is -0.377. The molecule has 0 radical (unpaired) electrons. The molecule has 4 rings (SSSR count). The number of piperazine rings is 1. The van der Waals surface area contributed by atoms with Crippen LogP contribution in [0.5, 0.6) is 0 Å². The highest BCUT2D eigenvalue weighted by Crippen LogP contribution is 2.30. The van der Waals surface area contributed by atoms with E-state index in [1.54, 1.807) is 11.3 Å². The fraction of sp³-hybridized carbons (Fsp3) is 0.474. The Morgan fingerprint density at radius 1 is 1.00 bits per heavy atom. The van der Waals surface area contributed by atoms with E-state index in [2.05, 4.69) is 28.1 Å². The van der Waals surface area contributed by atoms with Crippen LogP contribution in [-0.4, -0.2) is 37.0 Å². The van der Waals surface area contributed by atoms with Crippen molar-refractivity contribution in [3.05, 3.63) is 45.9 Å². The van der Waals surface area contributed by atoms with Gasteiger partial charge in [-0.3, -0.25) is 4.79 Å². The minimum Gasteiger partial charge on any atom is -0.368 e. The van der Waals surface area contributed by atoms with E-state index >= 15 is 0 Å². The maximum absolute atomic E-state index is 12.9. The van der Waals surface area contributed by atoms with E-state index in [9.17, 15) is 4.79 Å². The normalized spacial score (nSPS) is 18.2. The Balaban J connectivity index is 1.41. The van der Waals surface area contributed by atoms with Crippen LogP contribution >= 0.6 is 11.3 Å². The third kappa shape index (κ3) is 3.18. The number of anilines is 1. The number of pyridine rings is 1. The Bertz CT molecular complexity index is 681. The molecule has 0 saturated carbocycles. The fourth-order valence-corrected chi connectivity index (χ4v) is 4.91. The van der Waals surface area contributed by atoms with Gasteiger partial charge in [-0.15, -0.1) is 11.3 Å². The monoisotopic (exact) mass is 342 g/mol. The SMILES string of the molecule is O=C(c1cc2c(s1)CCCCC2)N1CCN(c2cc[nH+]cc2)CC1. The van der Waals surface area contributed by atoms with Gasteiger partial charge in [0.25, 0.3) is 5.91 Å². The summed E-state index contributed by atoms with van der Waals surface area (Å²) in [5.74, 6) is 0.231. The van der Waals surface area contributed by atoms with Gasteiger partial charge in [0.15, 0.2) is 12.4 Å². The zero-order valence-corrected chi connectivity index (χ0v) is 14.8. The third-order valence-corrected chi connectivity index (χ3v) is 6.32. The predicted octanol–water partition coefficient (Wildman–Crippen LogP) is 2.79. The Labute approximate surface area is 147 Å². The summed E-state index contributed by atoms with van der Waals surface area (Å²) >= 11 is 1.74. The number of H-pyrrole nitrogens is 1. The minimum atomic E-state index is 0.231. The van der Waals surface area contributed by atoms with Crippen LogP contribution < -0.4 is 9.88 Å². The van der Waals surface area contributed by atoms with Gasteiger partial charge in [-0.25, -0.2) is 4.98 Å². The molecule has 1 aliphatic carbocycles. The van der Waals surface area contributed by atoms with Gasteiger partial charge in [0, 0.05) is 48.9 Å². The molecule has 0 aromatic carbocycles. The minimum absolute atomic E-state index is 0.231. The lowest BCUT2D eigenvalue weighted by Gasteiger charge is -2.35. The van der Waals surface area contributed by atoms with Crippen molar-refractivity contribution in [2.75, 3.05) is 31.1 Å². The van der Waals surface area contributed by atoms with Gasteiger partial charge in [0.1, 0.15) is 0 Å². The molecule has 24 heavy (non-hydrogen) atoms. The molecule has 1 fully saturated rings. The summed E-state index contributed by atoms with van der Waals surface area (Å²) in [6.07, 6.45) is 10.1. The van der Waals surface area contributed by atoms with Crippen molar-refractivity contribution in [3.8, 4) is 0 Å². The number of thiophene rings is 1. The largest absolute Gasteiger partial charge is 0.368 e. The topological polar surface area (TPSA) is 37.7 Å². The summed E-state index contributed by atoms with van der Waals surface area (Å²) < 4.78 is 0. The number of rotatable bonds is 2. The van der Waals surface area contributed by atoms with Crippen molar-refractivity contribution < 1.29 is 9.78 Å². The second-order valence-electron chi connectivity index (χ2n) is 6.66. The highest BCUT2D eigenvalue weighted by Gasteiger charge is 2.25. The first-order valence-corrected chi connectivity index (χ1v) is 9.75. The van der Waals surface area contributed by atoms with Crippen molar-refractivity contribution in [3.63, 3.8) is 0 Å². The predicted molar refractivity (Wildman–Crippen MR) is 96.7 cm³/mol. The van der Waals surface area contributed by atoms with Crippen molar-refractivity contribution in [1.29, 1.82) is 0 Å². The highest BCUT2D eigenvalue weighted by molar-refractivity contribution is 7.14. The molecular formula is C19H24N3OS+. The zero-order chi connectivity index (χ0) is 16.4. The first kappa shape index (κ1) is 15.6. The molecule has 1 N–H and O–H groups in total. The summed E-state index contributed by atoms with van der Waals surface area (Å²) in [6, 6.07) is 6.36. The molecule has 0 atom stereocenters. The van der Waals surface area contributed by atoms with E-state index < -0.39 is 0 Å². The maximum Gasteiger partial charge on any atom is 0.264 e. The van der Waals surface area contributed by atoms with Crippen LogP contribution in [-0.2, 0) is 12.8 Å². The van der Waals surface area contributed by atoms with Gasteiger partial charge in [-0.2, -0.15) is 0 Å². The van der Waals surface area contributed by atoms with Gasteiger partial charge in [0.2, 0.25) is 0 Å². The molecule has 0 spiro atoms. The van der Waals surface area contributed by atoms with Crippen LogP contribution in [0.4, 0.5) is 5.69 Å². The van der Waals surface area contributed by atoms with Gasteiger partial charge in [0.05, 0.1) is 4.88 Å². The molecule has 5 heteroatoms. The van der Waals surface area contributed by atoms with Crippen LogP contribution in [0.1, 0.15) is 39.4 Å². The number of fused-ring (bicyclic) bond motifs is 1. The number of aromatic amines is 1. The molecule has 1 aliphatic heterocycles. The molecule has 3 heterocycles. The number of hydrogen-bond donors (Lipinski definition) is 0. The lowest BCUT2D eigenvalue weighted by atomic mass is 10.1. The average molecular weight is 342 g/mol. The molecule has 2 aromatic rings. The second kappa shape index (κ2) is 6.93. The lowest BCUT2D eigenvalue weighted by Crippen LogP contribution is -2.48. The smallest absolute Gasteiger partial charge is 0.264 e. The van der Waals surface area contributed by atoms with Crippen LogP contribution in [0.15, 0.2) is 30.6 Å². The van der Waals surface area contributed by atoms with Crippen LogP contribution in [0, 0.1) is 0 Å². The Hall–Kier alpha value is -1.88. The van der Waals surface area contributed by atoms with Crippen molar-refractivity contribution in [1.82, 2.24) is 4.90 Å². The van der Waals surface area contributed by atoms with Gasteiger partial charge >= 0.3 is 0 Å². The second-order valence-corrected chi connectivity index (χ2v) is 7.79. The number of aromatic nitrogens is 1. The fourth-order valence-electron chi connectivity index (χ4n) is 3.69. The standard InChI is InChI=1S/C19H23N3OS/c23-19(18-14-15-4-2-1-3-5-17(15)24-18)22-12-10-21(11-13-22)16-6-8-20-9-7-16/h6-9,14H,1-5,10-13H2/p+1. The first-order valence-electron chi connectivity index (χ1n) is 8.93. The summed E-state index contributed by atoms with van der Waals surface area (Å²) in [5.41, 5.74) is 2.66. The molecule has 126 valence electrons. The third-order valence-electron chi connectivity index (χ3n) is 5.09. The number of carbonyl (C=O) groups is 1. The Morgan fingerprint density at radius 2 is 1.75 bits per heavy atom. The number of amides is 1. The molecular weight excluding hydrogens is 318 g/mol. The van der Waals surface area contributed by atoms with Crippen LogP contribution in [0.2, 0.25) is 0 Å². The van der Waals surface area contributed by atoms with E-state index in [1.165, 1.54) is 35.4 Å². The number of aryl methyl sites for hydroxylation is 2. The quantitative estimate of drug-likeness (QED) is 0.787. The van der Waals surface area contributed by atoms with Gasteiger partial charge in [-0.1, -0.05) is 6.42 Å². The molecule has 1 amide bonds. The summed E-state index contributed by atoms with van der Waals surface area (Å²) in [4.78, 5) is 22.7. The van der Waals surface area contributed by atoms with Gasteiger partial charge < -0.3 is 9.80 Å². The van der Waals surface area contributed by atoms with Crippen molar-refractivity contribution in [2.24, 2.45) is 0 Å². The van der Waals surface area contributed by atoms with E-state index in [0.717, 1.165) is 43.9 Å². The number of hydrogen-bond acceptors (Lipinski definition) is 3. The number of nitrogens with zero attached hydrogens (tertiary/aromatic N) is 2. The van der Waals surface area contributed by atoms with Crippen LogP contribution in [0.25, 0.3) is 0 Å². The Kier molecular flexibility index (Phi) is 4.52. The molecule has 0 bridgehead atoms. The van der Waals surface area contributed by atoms with E-state index in [1.807, 2.05) is 17.3 Å². The van der Waals surface area contributed by atoms with Crippen LogP contribution in [0.3, 0.4) is 0 Å². The van der Waals surface area contributed by atoms with E-state index in [-0.39, 0.29) is 5.91 Å². The van der Waals surface area contributed by atoms with E-state index in [0.29, 0.717) is 0 Å².